The van der Waals surface area contributed by atoms with E-state index in [0.717, 1.165) is 19.9 Å². The summed E-state index contributed by atoms with van der Waals surface area (Å²) < 4.78 is 57.1. The van der Waals surface area contributed by atoms with Gasteiger partial charge in [-0.05, 0) is 118 Å². The van der Waals surface area contributed by atoms with Gasteiger partial charge in [0.15, 0.2) is 0 Å². The van der Waals surface area contributed by atoms with Crippen LogP contribution in [-0.4, -0.2) is 59.7 Å². The van der Waals surface area contributed by atoms with Crippen LogP contribution in [0.5, 0.6) is 0 Å². The Balaban J connectivity index is 0.000000273. The van der Waals surface area contributed by atoms with E-state index in [4.69, 9.17) is 11.5 Å². The van der Waals surface area contributed by atoms with Gasteiger partial charge < -0.3 is 22.1 Å². The molecule has 338 valence electrons. The predicted octanol–water partition coefficient (Wildman–Crippen LogP) is 8.71. The number of anilines is 4. The average molecular weight is 1000 g/mol. The molecule has 0 saturated carbocycles. The van der Waals surface area contributed by atoms with Crippen LogP contribution in [-0.2, 0) is 29.6 Å². The smallest absolute Gasteiger partial charge is 0.241 e. The Morgan fingerprint density at radius 3 is 1.49 bits per heavy atom. The Labute approximate surface area is 386 Å². The number of carbonyl (C=O) groups is 2. The van der Waals surface area contributed by atoms with E-state index >= 15 is 0 Å². The van der Waals surface area contributed by atoms with Crippen molar-refractivity contribution in [3.05, 3.63) is 94.8 Å². The lowest BCUT2D eigenvalue weighted by Crippen LogP contribution is -2.40. The highest BCUT2D eigenvalue weighted by molar-refractivity contribution is 9.11. The van der Waals surface area contributed by atoms with Gasteiger partial charge in [-0.15, -0.1) is 22.7 Å². The molecule has 2 aromatic carbocycles. The van der Waals surface area contributed by atoms with Gasteiger partial charge in [-0.25, -0.2) is 46.2 Å². The molecule has 0 atom stereocenters. The molecule has 0 radical (unpaired) electrons. The van der Waals surface area contributed by atoms with Crippen LogP contribution >= 0.6 is 38.6 Å². The minimum atomic E-state index is -3.87. The molecule has 0 bridgehead atoms. The minimum absolute atomic E-state index is 0. The van der Waals surface area contributed by atoms with E-state index in [1.807, 2.05) is 12.1 Å². The first kappa shape index (κ1) is 52.2. The van der Waals surface area contributed by atoms with E-state index in [9.17, 15) is 26.4 Å². The molecule has 0 aliphatic carbocycles. The topological polar surface area (TPSA) is 254 Å². The third kappa shape index (κ3) is 16.2. The van der Waals surface area contributed by atoms with E-state index in [0.29, 0.717) is 44.0 Å². The summed E-state index contributed by atoms with van der Waals surface area (Å²) in [6.45, 7) is 15.1. The number of aryl methyl sites for hydroxylation is 1. The van der Waals surface area contributed by atoms with E-state index in [1.54, 1.807) is 121 Å². The summed E-state index contributed by atoms with van der Waals surface area (Å²) >= 11 is 6.27. The predicted molar refractivity (Wildman–Crippen MR) is 259 cm³/mol. The Bertz CT molecular complexity index is 2750. The highest BCUT2D eigenvalue weighted by Crippen LogP contribution is 2.37. The molecule has 2 amide bonds. The molecular formula is C42H53BrN10O6S4. The summed E-state index contributed by atoms with van der Waals surface area (Å²) in [5, 5.41) is 6.84. The van der Waals surface area contributed by atoms with Gasteiger partial charge in [-0.1, -0.05) is 19.6 Å². The van der Waals surface area contributed by atoms with Crippen LogP contribution in [0.2, 0.25) is 0 Å². The molecule has 0 aliphatic rings. The van der Waals surface area contributed by atoms with E-state index in [-0.39, 0.29) is 29.0 Å². The van der Waals surface area contributed by atoms with Gasteiger partial charge >= 0.3 is 0 Å². The number of amides is 2. The van der Waals surface area contributed by atoms with Gasteiger partial charge in [-0.2, -0.15) is 0 Å². The van der Waals surface area contributed by atoms with Crippen LogP contribution < -0.4 is 31.5 Å². The van der Waals surface area contributed by atoms with Crippen LogP contribution in [0.25, 0.3) is 31.6 Å². The summed E-state index contributed by atoms with van der Waals surface area (Å²) in [5.41, 5.74) is 13.6. The number of thiazole rings is 2. The van der Waals surface area contributed by atoms with Crippen molar-refractivity contribution in [3.8, 4) is 31.6 Å². The number of nitrogen functional groups attached to an aromatic ring is 2. The summed E-state index contributed by atoms with van der Waals surface area (Å²) in [7, 11) is -7.48. The number of aromatic nitrogens is 4. The van der Waals surface area contributed by atoms with Crippen molar-refractivity contribution in [2.45, 2.75) is 90.6 Å². The Morgan fingerprint density at radius 2 is 1.06 bits per heavy atom. The van der Waals surface area contributed by atoms with Gasteiger partial charge in [0.2, 0.25) is 31.9 Å². The fourth-order valence-electron chi connectivity index (χ4n) is 5.30. The van der Waals surface area contributed by atoms with Gasteiger partial charge in [0, 0.05) is 71.6 Å². The summed E-state index contributed by atoms with van der Waals surface area (Å²) in [5.74, 6) is 0.409. The first-order valence-corrected chi connectivity index (χ1v) is 24.0. The highest BCUT2D eigenvalue weighted by atomic mass is 79.9. The first-order chi connectivity index (χ1) is 28.7. The Kier molecular flexibility index (Phi) is 17.8. The van der Waals surface area contributed by atoms with Crippen molar-refractivity contribution in [3.63, 3.8) is 0 Å². The number of nitrogens with two attached hydrogens (primary N) is 2. The van der Waals surface area contributed by atoms with E-state index < -0.39 is 31.1 Å². The number of rotatable bonds is 9. The van der Waals surface area contributed by atoms with Crippen molar-refractivity contribution in [1.82, 2.24) is 29.4 Å². The highest BCUT2D eigenvalue weighted by Gasteiger charge is 2.27. The van der Waals surface area contributed by atoms with Crippen molar-refractivity contribution in [2.24, 2.45) is 0 Å². The zero-order valence-corrected chi connectivity index (χ0v) is 40.3. The van der Waals surface area contributed by atoms with E-state index in [2.05, 4.69) is 55.9 Å². The number of halogens is 1. The fourth-order valence-corrected chi connectivity index (χ4v) is 10.9. The van der Waals surface area contributed by atoms with Crippen LogP contribution in [0.4, 0.5) is 23.0 Å². The first-order valence-electron chi connectivity index (χ1n) is 18.6. The molecule has 0 spiro atoms. The largest absolute Gasteiger partial charge is 0.384 e. The second-order valence-corrected chi connectivity index (χ2v) is 22.4. The monoisotopic (exact) mass is 1000 g/mol. The standard InChI is InChI=1S/C20H23N5O3S2.C13H20N2O3S.C8H6BrN3S.CH4/c1-12(26)24-14-6-7-15(17(9-14)30(27,28)25-20(2,3)4)16-11-23-19(29-16)13-5-8-18(21)22-10-13;1-9-6-7-11(14-10(2)16)8-12(9)19(17,18)15-13(3,4)5;9-6-4-12-8(13-6)5-1-2-7(10)11-3-5;/h5-11,25H,1-4H3,(H2,21,22)(H,24,26);6-8,15H,1-5H3,(H,14,16);1-4H,(H2,10,11);1H4. The Hall–Kier alpha value is -5.16. The molecule has 6 aromatic rings. The van der Waals surface area contributed by atoms with Crippen molar-refractivity contribution in [2.75, 3.05) is 22.1 Å². The molecule has 63 heavy (non-hydrogen) atoms. The summed E-state index contributed by atoms with van der Waals surface area (Å²) in [6, 6.07) is 16.8. The second-order valence-electron chi connectivity index (χ2n) is 15.7. The quantitative estimate of drug-likeness (QED) is 0.0795. The van der Waals surface area contributed by atoms with Gasteiger partial charge in [-0.3, -0.25) is 9.59 Å². The molecular weight excluding hydrogens is 949 g/mol. The molecule has 21 heteroatoms. The second kappa shape index (κ2) is 21.5. The van der Waals surface area contributed by atoms with Crippen molar-refractivity contribution in [1.29, 1.82) is 0 Å². The maximum atomic E-state index is 13.1. The zero-order chi connectivity index (χ0) is 46.2. The maximum absolute atomic E-state index is 13.1. The van der Waals surface area contributed by atoms with Gasteiger partial charge in [0.1, 0.15) is 21.7 Å². The third-order valence-corrected chi connectivity index (χ3v) is 13.9. The van der Waals surface area contributed by atoms with Gasteiger partial charge in [0.05, 0.1) is 24.7 Å². The molecule has 0 unspecified atom stereocenters. The van der Waals surface area contributed by atoms with Crippen molar-refractivity contribution >= 4 is 93.5 Å². The maximum Gasteiger partial charge on any atom is 0.241 e. The number of hydrogen-bond donors (Lipinski definition) is 6. The zero-order valence-electron chi connectivity index (χ0n) is 35.5. The SMILES string of the molecule is C.CC(=O)Nc1ccc(-c2cnc(-c3ccc(N)nc3)s2)c(S(=O)(=O)NC(C)(C)C)c1.CC(=O)Nc1ccc(C)c(S(=O)(=O)NC(C)(C)C)c1.Nc1ccc(-c2ncc(Br)s2)cn1. The van der Waals surface area contributed by atoms with Crippen LogP contribution in [0.15, 0.2) is 99.0 Å². The number of hydrogen-bond acceptors (Lipinski definition) is 14. The molecule has 0 fully saturated rings. The fraction of sp³-hybridized carbons (Fsp3) is 0.286. The number of nitrogens with zero attached hydrogens (tertiary/aromatic N) is 4. The molecule has 16 nitrogen and oxygen atoms in total. The lowest BCUT2D eigenvalue weighted by Gasteiger charge is -2.22. The molecule has 0 saturated heterocycles. The number of benzene rings is 2. The number of pyridine rings is 2. The van der Waals surface area contributed by atoms with Crippen LogP contribution in [0.3, 0.4) is 0 Å². The number of carbonyl (C=O) groups excluding carboxylic acids is 2. The third-order valence-electron chi connectivity index (χ3n) is 7.59. The minimum Gasteiger partial charge on any atom is -0.384 e. The van der Waals surface area contributed by atoms with Crippen LogP contribution in [0.1, 0.15) is 68.4 Å². The lowest BCUT2D eigenvalue weighted by molar-refractivity contribution is -0.115. The summed E-state index contributed by atoms with van der Waals surface area (Å²) in [4.78, 5) is 40.1. The number of sulfonamides is 2. The van der Waals surface area contributed by atoms with Crippen LogP contribution in [0, 0.1) is 6.92 Å². The lowest BCUT2D eigenvalue weighted by atomic mass is 10.1. The molecule has 0 aliphatic heterocycles. The summed E-state index contributed by atoms with van der Waals surface area (Å²) in [6.07, 6.45) is 6.74. The molecule has 6 rings (SSSR count). The molecule has 8 N–H and O–H groups in total. The average Bonchev–Trinajstić information content (AvgIpc) is 3.81. The van der Waals surface area contributed by atoms with Gasteiger partial charge in [0.25, 0.3) is 0 Å². The molecule has 4 aromatic heterocycles. The molecule has 4 heterocycles. The number of nitrogens with one attached hydrogen (secondary N) is 4. The normalized spacial score (nSPS) is 11.5. The van der Waals surface area contributed by atoms with Crippen molar-refractivity contribution < 1.29 is 26.4 Å². The Morgan fingerprint density at radius 1 is 0.619 bits per heavy atom. The van der Waals surface area contributed by atoms with E-state index in [1.165, 1.54) is 37.3 Å².